The summed E-state index contributed by atoms with van der Waals surface area (Å²) in [6.45, 7) is 8.96. The first-order valence-electron chi connectivity index (χ1n) is 9.72. The smallest absolute Gasteiger partial charge is 0.229 e. The molecule has 0 aliphatic heterocycles. The molecule has 0 fully saturated rings. The van der Waals surface area contributed by atoms with E-state index in [0.717, 1.165) is 17.7 Å². The van der Waals surface area contributed by atoms with Crippen LogP contribution in [0.15, 0.2) is 24.3 Å². The van der Waals surface area contributed by atoms with Crippen molar-refractivity contribution in [2.45, 2.75) is 52.7 Å². The molecule has 1 aromatic heterocycles. The second-order valence-electron chi connectivity index (χ2n) is 7.12. The Balaban J connectivity index is 2.17. The quantitative estimate of drug-likeness (QED) is 0.465. The molecule has 0 bridgehead atoms. The third kappa shape index (κ3) is 6.53. The summed E-state index contributed by atoms with van der Waals surface area (Å²) < 4.78 is 5.19. The molecule has 154 valence electrons. The average molecular weight is 389 g/mol. The van der Waals surface area contributed by atoms with Gasteiger partial charge in [-0.3, -0.25) is 0 Å². The van der Waals surface area contributed by atoms with Crippen molar-refractivity contribution in [1.82, 2.24) is 15.0 Å². The molecule has 8 nitrogen and oxygen atoms in total. The molecule has 2 atom stereocenters. The number of benzene rings is 1. The van der Waals surface area contributed by atoms with Crippen LogP contribution in [-0.2, 0) is 6.54 Å². The second-order valence-corrected chi connectivity index (χ2v) is 7.12. The Hall–Kier alpha value is -2.61. The summed E-state index contributed by atoms with van der Waals surface area (Å²) in [6, 6.07) is 7.93. The van der Waals surface area contributed by atoms with Crippen molar-refractivity contribution in [3.63, 3.8) is 0 Å². The summed E-state index contributed by atoms with van der Waals surface area (Å²) in [6.07, 6.45) is 0.766. The lowest BCUT2D eigenvalue weighted by Crippen LogP contribution is -2.26. The molecular formula is C20H32N6O2. The largest absolute Gasteiger partial charge is 0.497 e. The average Bonchev–Trinajstić information content (AvgIpc) is 2.70. The van der Waals surface area contributed by atoms with E-state index in [2.05, 4.69) is 51.7 Å². The van der Waals surface area contributed by atoms with E-state index in [9.17, 15) is 5.11 Å². The van der Waals surface area contributed by atoms with E-state index in [1.54, 1.807) is 7.11 Å². The molecule has 0 saturated carbocycles. The van der Waals surface area contributed by atoms with Crippen LogP contribution in [0.5, 0.6) is 5.75 Å². The topological polar surface area (TPSA) is 104 Å². The first-order valence-corrected chi connectivity index (χ1v) is 9.72. The minimum atomic E-state index is -0.104. The van der Waals surface area contributed by atoms with Crippen LogP contribution >= 0.6 is 0 Å². The zero-order valence-corrected chi connectivity index (χ0v) is 17.4. The molecular weight excluding hydrogens is 356 g/mol. The van der Waals surface area contributed by atoms with Crippen LogP contribution in [0, 0.1) is 5.92 Å². The molecule has 1 unspecified atom stereocenters. The number of nitrogens with zero attached hydrogens (tertiary/aromatic N) is 3. The number of aliphatic hydroxyl groups is 1. The lowest BCUT2D eigenvalue weighted by Gasteiger charge is -2.19. The molecule has 4 N–H and O–H groups in total. The van der Waals surface area contributed by atoms with Gasteiger partial charge in [0.15, 0.2) is 0 Å². The number of methoxy groups -OCH3 is 1. The maximum Gasteiger partial charge on any atom is 0.229 e. The van der Waals surface area contributed by atoms with E-state index in [1.807, 2.05) is 31.2 Å². The van der Waals surface area contributed by atoms with Gasteiger partial charge in [0, 0.05) is 12.6 Å². The van der Waals surface area contributed by atoms with Crippen LogP contribution in [0.25, 0.3) is 0 Å². The predicted octanol–water partition coefficient (Wildman–Crippen LogP) is 3.13. The fraction of sp³-hybridized carbons (Fsp3) is 0.550. The molecule has 0 spiro atoms. The highest BCUT2D eigenvalue weighted by Gasteiger charge is 2.13. The molecule has 0 amide bonds. The van der Waals surface area contributed by atoms with Gasteiger partial charge in [-0.1, -0.05) is 32.9 Å². The minimum absolute atomic E-state index is 0.0158. The lowest BCUT2D eigenvalue weighted by atomic mass is 10.1. The van der Waals surface area contributed by atoms with E-state index in [1.165, 1.54) is 0 Å². The number of aromatic nitrogens is 3. The van der Waals surface area contributed by atoms with Crippen molar-refractivity contribution in [2.24, 2.45) is 5.92 Å². The number of hydrogen-bond donors (Lipinski definition) is 4. The van der Waals surface area contributed by atoms with Crippen LogP contribution in [0.4, 0.5) is 17.8 Å². The highest BCUT2D eigenvalue weighted by Crippen LogP contribution is 2.16. The maximum atomic E-state index is 9.46. The normalized spacial score (nSPS) is 13.1. The van der Waals surface area contributed by atoms with Crippen LogP contribution in [0.2, 0.25) is 0 Å². The van der Waals surface area contributed by atoms with Gasteiger partial charge in [0.2, 0.25) is 17.8 Å². The van der Waals surface area contributed by atoms with Gasteiger partial charge in [0.25, 0.3) is 0 Å². The molecule has 2 aromatic rings. The van der Waals surface area contributed by atoms with Gasteiger partial charge in [0.05, 0.1) is 19.8 Å². The molecule has 0 saturated heterocycles. The first kappa shape index (κ1) is 21.7. The van der Waals surface area contributed by atoms with Crippen LogP contribution < -0.4 is 20.7 Å². The summed E-state index contributed by atoms with van der Waals surface area (Å²) in [7, 11) is 1.65. The van der Waals surface area contributed by atoms with Crippen molar-refractivity contribution < 1.29 is 9.84 Å². The number of ether oxygens (including phenoxy) is 1. The van der Waals surface area contributed by atoms with Crippen LogP contribution in [0.3, 0.4) is 0 Å². The van der Waals surface area contributed by atoms with Gasteiger partial charge in [-0.15, -0.1) is 0 Å². The molecule has 2 rings (SSSR count). The molecule has 8 heteroatoms. The Bertz CT molecular complexity index is 697. The summed E-state index contributed by atoms with van der Waals surface area (Å²) in [4.78, 5) is 13.4. The van der Waals surface area contributed by atoms with Gasteiger partial charge in [-0.2, -0.15) is 15.0 Å². The van der Waals surface area contributed by atoms with Gasteiger partial charge in [-0.05, 0) is 37.0 Å². The minimum Gasteiger partial charge on any atom is -0.497 e. The number of aliphatic hydroxyl groups excluding tert-OH is 1. The third-order valence-corrected chi connectivity index (χ3v) is 4.65. The molecule has 0 aliphatic rings. The van der Waals surface area contributed by atoms with E-state index < -0.39 is 0 Å². The Morgan fingerprint density at radius 1 is 0.964 bits per heavy atom. The Labute approximate surface area is 167 Å². The molecule has 0 aliphatic carbocycles. The molecule has 1 aromatic carbocycles. The highest BCUT2D eigenvalue weighted by molar-refractivity contribution is 5.43. The lowest BCUT2D eigenvalue weighted by molar-refractivity contribution is 0.271. The fourth-order valence-corrected chi connectivity index (χ4v) is 2.34. The van der Waals surface area contributed by atoms with Gasteiger partial charge in [-0.25, -0.2) is 0 Å². The highest BCUT2D eigenvalue weighted by atomic mass is 16.5. The SMILES string of the molecule is CC[C@H](CO)Nc1nc(NCc2ccc(OC)cc2)nc(NC(C)C(C)C)n1. The summed E-state index contributed by atoms with van der Waals surface area (Å²) in [5.41, 5.74) is 1.09. The van der Waals surface area contributed by atoms with Crippen LogP contribution in [0.1, 0.15) is 39.7 Å². The number of anilines is 3. The van der Waals surface area contributed by atoms with Crippen molar-refractivity contribution >= 4 is 17.8 Å². The summed E-state index contributed by atoms with van der Waals surface area (Å²) >= 11 is 0. The zero-order chi connectivity index (χ0) is 20.5. The molecule has 28 heavy (non-hydrogen) atoms. The summed E-state index contributed by atoms with van der Waals surface area (Å²) in [5.74, 6) is 2.67. The Morgan fingerprint density at radius 2 is 1.57 bits per heavy atom. The molecule has 1 heterocycles. The zero-order valence-electron chi connectivity index (χ0n) is 17.4. The van der Waals surface area contributed by atoms with Gasteiger partial charge < -0.3 is 25.8 Å². The van der Waals surface area contributed by atoms with Gasteiger partial charge >= 0.3 is 0 Å². The van der Waals surface area contributed by atoms with Gasteiger partial charge in [0.1, 0.15) is 5.75 Å². The van der Waals surface area contributed by atoms with Crippen molar-refractivity contribution in [1.29, 1.82) is 0 Å². The van der Waals surface area contributed by atoms with E-state index >= 15 is 0 Å². The standard InChI is InChI=1S/C20H32N6O2/c1-6-16(12-27)23-20-25-18(24-19(26-20)22-14(4)13(2)3)21-11-15-7-9-17(28-5)10-8-15/h7-10,13-14,16,27H,6,11-12H2,1-5H3,(H3,21,22,23,24,25,26)/t14?,16-/m1/s1. The van der Waals surface area contributed by atoms with E-state index in [0.29, 0.717) is 30.3 Å². The number of rotatable bonds is 11. The second kappa shape index (κ2) is 10.7. The number of hydrogen-bond acceptors (Lipinski definition) is 8. The van der Waals surface area contributed by atoms with Crippen molar-refractivity contribution in [3.8, 4) is 5.75 Å². The predicted molar refractivity (Wildman–Crippen MR) is 113 cm³/mol. The van der Waals surface area contributed by atoms with Crippen LogP contribution in [-0.4, -0.2) is 45.9 Å². The third-order valence-electron chi connectivity index (χ3n) is 4.65. The Kier molecular flexibility index (Phi) is 8.25. The van der Waals surface area contributed by atoms with E-state index in [-0.39, 0.29) is 18.7 Å². The monoisotopic (exact) mass is 388 g/mol. The molecule has 0 radical (unpaired) electrons. The Morgan fingerprint density at radius 3 is 2.11 bits per heavy atom. The van der Waals surface area contributed by atoms with Crippen molar-refractivity contribution in [3.05, 3.63) is 29.8 Å². The van der Waals surface area contributed by atoms with Crippen molar-refractivity contribution in [2.75, 3.05) is 29.7 Å². The number of nitrogens with one attached hydrogen (secondary N) is 3. The van der Waals surface area contributed by atoms with E-state index in [4.69, 9.17) is 4.74 Å². The maximum absolute atomic E-state index is 9.46. The summed E-state index contributed by atoms with van der Waals surface area (Å²) in [5, 5.41) is 19.2. The first-order chi connectivity index (χ1) is 13.4. The fourth-order valence-electron chi connectivity index (χ4n) is 2.34.